The Morgan fingerprint density at radius 2 is 1.64 bits per heavy atom. The van der Waals surface area contributed by atoms with E-state index in [1.54, 1.807) is 59.4 Å². The molecule has 3 heterocycles. The van der Waals surface area contributed by atoms with E-state index in [1.165, 1.54) is 12.1 Å². The Bertz CT molecular complexity index is 1510. The molecule has 0 aliphatic carbocycles. The first-order valence-electron chi connectivity index (χ1n) is 12.2. The summed E-state index contributed by atoms with van der Waals surface area (Å²) < 4.78 is 40.1. The molecule has 11 heteroatoms. The maximum Gasteiger partial charge on any atom is 0.416 e. The Balaban J connectivity index is 1.21. The smallest absolute Gasteiger partial charge is 0.383 e. The molecule has 2 aromatic carbocycles. The van der Waals surface area contributed by atoms with E-state index in [0.29, 0.717) is 41.8 Å². The molecule has 8 nitrogen and oxygen atoms in total. The van der Waals surface area contributed by atoms with Gasteiger partial charge in [0.2, 0.25) is 0 Å². The molecule has 0 unspecified atom stereocenters. The van der Waals surface area contributed by atoms with Gasteiger partial charge in [-0.1, -0.05) is 24.3 Å². The first kappa shape index (κ1) is 26.0. The minimum atomic E-state index is -4.39. The fourth-order valence-electron chi connectivity index (χ4n) is 4.55. The summed E-state index contributed by atoms with van der Waals surface area (Å²) >= 11 is 0. The number of nitrogen functional groups attached to an aromatic ring is 1. The van der Waals surface area contributed by atoms with E-state index < -0.39 is 11.7 Å². The van der Waals surface area contributed by atoms with Crippen LogP contribution < -0.4 is 11.1 Å². The zero-order chi connectivity index (χ0) is 27.7. The largest absolute Gasteiger partial charge is 0.416 e. The number of aryl methyl sites for hydroxylation is 1. The molecule has 4 aromatic rings. The second-order valence-corrected chi connectivity index (χ2v) is 9.42. The van der Waals surface area contributed by atoms with E-state index in [1.807, 2.05) is 6.20 Å². The van der Waals surface area contributed by atoms with Crippen LogP contribution in [0.25, 0.3) is 22.3 Å². The Morgan fingerprint density at radius 1 is 0.974 bits per heavy atom. The summed E-state index contributed by atoms with van der Waals surface area (Å²) in [6, 6.07) is 13.0. The van der Waals surface area contributed by atoms with Crippen molar-refractivity contribution in [3.05, 3.63) is 89.9 Å². The lowest BCUT2D eigenvalue weighted by Gasteiger charge is -2.18. The van der Waals surface area contributed by atoms with Crippen LogP contribution in [0.15, 0.2) is 73.2 Å². The molecule has 0 bridgehead atoms. The third kappa shape index (κ3) is 5.62. The topological polar surface area (TPSA) is 106 Å². The molecule has 3 N–H and O–H groups in total. The number of likely N-dealkylation sites (tertiary alicyclic amines) is 1. The van der Waals surface area contributed by atoms with Crippen LogP contribution in [0.3, 0.4) is 0 Å². The van der Waals surface area contributed by atoms with Crippen molar-refractivity contribution >= 4 is 17.6 Å². The number of carbonyl (C=O) groups is 2. The maximum atomic E-state index is 13.1. The predicted octanol–water partition coefficient (Wildman–Crippen LogP) is 4.39. The summed E-state index contributed by atoms with van der Waals surface area (Å²) in [7, 11) is 1.79. The average molecular weight is 535 g/mol. The average Bonchev–Trinajstić information content (AvgIpc) is 3.57. The highest BCUT2D eigenvalue weighted by molar-refractivity contribution is 6.00. The van der Waals surface area contributed by atoms with E-state index in [4.69, 9.17) is 5.73 Å². The van der Waals surface area contributed by atoms with Gasteiger partial charge in [0.15, 0.2) is 0 Å². The first-order chi connectivity index (χ1) is 18.6. The summed E-state index contributed by atoms with van der Waals surface area (Å²) in [5.74, 6) is -0.449. The lowest BCUT2D eigenvalue weighted by atomic mass is 10.0. The number of amides is 2. The molecule has 1 aliphatic heterocycles. The number of anilines is 1. The molecule has 1 fully saturated rings. The van der Waals surface area contributed by atoms with Gasteiger partial charge in [-0.15, -0.1) is 0 Å². The molecule has 0 saturated carbocycles. The predicted molar refractivity (Wildman–Crippen MR) is 140 cm³/mol. The van der Waals surface area contributed by atoms with E-state index >= 15 is 0 Å². The molecule has 0 spiro atoms. The van der Waals surface area contributed by atoms with Gasteiger partial charge in [0.25, 0.3) is 11.8 Å². The summed E-state index contributed by atoms with van der Waals surface area (Å²) in [6.45, 7) is 0.800. The molecule has 200 valence electrons. The number of nitrogens with one attached hydrogen (secondary N) is 1. The number of benzene rings is 2. The van der Waals surface area contributed by atoms with Crippen molar-refractivity contribution in [3.8, 4) is 22.3 Å². The number of nitrogens with zero attached hydrogens (tertiary/aromatic N) is 4. The van der Waals surface area contributed by atoms with Gasteiger partial charge in [-0.05, 0) is 47.9 Å². The molecule has 39 heavy (non-hydrogen) atoms. The highest BCUT2D eigenvalue weighted by Crippen LogP contribution is 2.31. The monoisotopic (exact) mass is 534 g/mol. The van der Waals surface area contributed by atoms with Crippen molar-refractivity contribution in [2.45, 2.75) is 18.6 Å². The molecule has 2 aromatic heterocycles. The van der Waals surface area contributed by atoms with Crippen molar-refractivity contribution in [3.63, 3.8) is 0 Å². The summed E-state index contributed by atoms with van der Waals surface area (Å²) in [5.41, 5.74) is 8.80. The zero-order valence-electron chi connectivity index (χ0n) is 20.9. The molecule has 1 aliphatic rings. The highest BCUT2D eigenvalue weighted by atomic mass is 19.4. The minimum Gasteiger partial charge on any atom is -0.383 e. The molecule has 1 saturated heterocycles. The standard InChI is InChI=1S/C28H25F3N6O2/c1-36-15-21(14-34-36)20-12-24(25(32)33-13-20)26(38)35-23-10-11-37(16-23)27(39)19-4-2-17(3-5-19)18-6-8-22(9-7-18)28(29,30)31/h2-9,12-15,23H,10-11,16H2,1H3,(H2,32,33)(H,35,38)/t23-/m1/s1. The van der Waals surface area contributed by atoms with Gasteiger partial charge in [0.1, 0.15) is 5.82 Å². The van der Waals surface area contributed by atoms with Crippen LogP contribution in [0.5, 0.6) is 0 Å². The maximum absolute atomic E-state index is 13.1. The van der Waals surface area contributed by atoms with Gasteiger partial charge in [0.05, 0.1) is 17.3 Å². The fourth-order valence-corrected chi connectivity index (χ4v) is 4.55. The number of hydrogen-bond donors (Lipinski definition) is 2. The van der Waals surface area contributed by atoms with Gasteiger partial charge >= 0.3 is 6.18 Å². The van der Waals surface area contributed by atoms with Crippen molar-refractivity contribution in [2.75, 3.05) is 18.8 Å². The SMILES string of the molecule is Cn1cc(-c2cnc(N)c(C(=O)N[C@@H]3CCN(C(=O)c4ccc(-c5ccc(C(F)(F)F)cc5)cc4)C3)c2)cn1. The Labute approximate surface area is 222 Å². The van der Waals surface area contributed by atoms with Gasteiger partial charge in [-0.25, -0.2) is 4.98 Å². The van der Waals surface area contributed by atoms with Gasteiger partial charge in [-0.2, -0.15) is 18.3 Å². The number of rotatable bonds is 5. The number of alkyl halides is 3. The molecule has 2 amide bonds. The van der Waals surface area contributed by atoms with E-state index in [-0.39, 0.29) is 29.2 Å². The Morgan fingerprint density at radius 3 is 2.26 bits per heavy atom. The van der Waals surface area contributed by atoms with E-state index in [0.717, 1.165) is 17.7 Å². The van der Waals surface area contributed by atoms with Gasteiger partial charge in [-0.3, -0.25) is 14.3 Å². The second kappa shape index (κ2) is 10.2. The quantitative estimate of drug-likeness (QED) is 0.395. The third-order valence-corrected chi connectivity index (χ3v) is 6.69. The first-order valence-corrected chi connectivity index (χ1v) is 12.2. The normalized spacial score (nSPS) is 15.4. The molecule has 0 radical (unpaired) electrons. The van der Waals surface area contributed by atoms with Crippen LogP contribution in [-0.4, -0.2) is 50.6 Å². The second-order valence-electron chi connectivity index (χ2n) is 9.42. The van der Waals surface area contributed by atoms with Gasteiger partial charge < -0.3 is 16.0 Å². The zero-order valence-corrected chi connectivity index (χ0v) is 20.9. The number of aromatic nitrogens is 3. The third-order valence-electron chi connectivity index (χ3n) is 6.69. The van der Waals surface area contributed by atoms with Crippen LogP contribution in [0.2, 0.25) is 0 Å². The van der Waals surface area contributed by atoms with E-state index in [2.05, 4.69) is 15.4 Å². The fraction of sp³-hybridized carbons (Fsp3) is 0.214. The van der Waals surface area contributed by atoms with Crippen molar-refractivity contribution < 1.29 is 22.8 Å². The Kier molecular flexibility index (Phi) is 6.81. The number of carbonyl (C=O) groups excluding carboxylic acids is 2. The number of halogens is 3. The van der Waals surface area contributed by atoms with E-state index in [9.17, 15) is 22.8 Å². The molecular formula is C28H25F3N6O2. The number of nitrogens with two attached hydrogens (primary N) is 1. The summed E-state index contributed by atoms with van der Waals surface area (Å²) in [4.78, 5) is 31.9. The van der Waals surface area contributed by atoms with Crippen LogP contribution in [0.4, 0.5) is 19.0 Å². The minimum absolute atomic E-state index is 0.110. The van der Waals surface area contributed by atoms with Crippen LogP contribution in [0.1, 0.15) is 32.7 Å². The lowest BCUT2D eigenvalue weighted by molar-refractivity contribution is -0.137. The lowest BCUT2D eigenvalue weighted by Crippen LogP contribution is -2.38. The molecular weight excluding hydrogens is 509 g/mol. The van der Waals surface area contributed by atoms with Crippen molar-refractivity contribution in [1.82, 2.24) is 25.0 Å². The van der Waals surface area contributed by atoms with Gasteiger partial charge in [0, 0.05) is 55.3 Å². The number of pyridine rings is 1. The summed E-state index contributed by atoms with van der Waals surface area (Å²) in [5, 5.41) is 7.08. The molecule has 1 atom stereocenters. The highest BCUT2D eigenvalue weighted by Gasteiger charge is 2.30. The number of hydrogen-bond acceptors (Lipinski definition) is 5. The van der Waals surface area contributed by atoms with Crippen LogP contribution in [-0.2, 0) is 13.2 Å². The van der Waals surface area contributed by atoms with Crippen molar-refractivity contribution in [2.24, 2.45) is 7.05 Å². The van der Waals surface area contributed by atoms with Crippen LogP contribution >= 0.6 is 0 Å². The van der Waals surface area contributed by atoms with Crippen molar-refractivity contribution in [1.29, 1.82) is 0 Å². The van der Waals surface area contributed by atoms with Crippen LogP contribution in [0, 0.1) is 0 Å². The molecule has 5 rings (SSSR count). The Hall–Kier alpha value is -4.67. The summed E-state index contributed by atoms with van der Waals surface area (Å²) in [6.07, 6.45) is 1.25.